The first-order chi connectivity index (χ1) is 6.99. The zero-order valence-corrected chi connectivity index (χ0v) is 8.98. The zero-order chi connectivity index (χ0) is 11.5. The maximum absolute atomic E-state index is 11.6. The summed E-state index contributed by atoms with van der Waals surface area (Å²) < 4.78 is 26.7. The number of sulfonamides is 1. The van der Waals surface area contributed by atoms with Crippen molar-refractivity contribution in [2.24, 2.45) is 7.05 Å². The van der Waals surface area contributed by atoms with Crippen LogP contribution in [0.3, 0.4) is 0 Å². The number of aromatic nitrogens is 2. The highest BCUT2D eigenvalue weighted by Crippen LogP contribution is 2.06. The van der Waals surface area contributed by atoms with Crippen molar-refractivity contribution in [3.05, 3.63) is 12.4 Å². The quantitative estimate of drug-likeness (QED) is 0.550. The van der Waals surface area contributed by atoms with Crippen molar-refractivity contribution in [2.45, 2.75) is 10.9 Å². The van der Waals surface area contributed by atoms with E-state index in [4.69, 9.17) is 10.2 Å². The van der Waals surface area contributed by atoms with Gasteiger partial charge in [0.2, 0.25) is 10.0 Å². The predicted molar refractivity (Wildman–Crippen MR) is 51.5 cm³/mol. The Bertz CT molecular complexity index is 410. The highest BCUT2D eigenvalue weighted by atomic mass is 32.2. The van der Waals surface area contributed by atoms with Crippen LogP contribution in [0.4, 0.5) is 0 Å². The topological polar surface area (TPSA) is 104 Å². The van der Waals surface area contributed by atoms with Gasteiger partial charge in [-0.25, -0.2) is 13.1 Å². The molecule has 0 fully saturated rings. The molecule has 1 heterocycles. The van der Waals surface area contributed by atoms with Crippen LogP contribution in [0.2, 0.25) is 0 Å². The molecular formula is C7H13N3O4S. The van der Waals surface area contributed by atoms with Crippen molar-refractivity contribution >= 4 is 10.0 Å². The summed E-state index contributed by atoms with van der Waals surface area (Å²) in [6, 6.07) is -0.893. The Morgan fingerprint density at radius 2 is 2.13 bits per heavy atom. The lowest BCUT2D eigenvalue weighted by Crippen LogP contribution is -2.39. The Kier molecular flexibility index (Phi) is 3.80. The van der Waals surface area contributed by atoms with Gasteiger partial charge >= 0.3 is 0 Å². The van der Waals surface area contributed by atoms with Crippen LogP contribution >= 0.6 is 0 Å². The van der Waals surface area contributed by atoms with Crippen LogP contribution in [0.5, 0.6) is 0 Å². The van der Waals surface area contributed by atoms with Crippen molar-refractivity contribution < 1.29 is 18.6 Å². The fraction of sp³-hybridized carbons (Fsp3) is 0.571. The summed E-state index contributed by atoms with van der Waals surface area (Å²) >= 11 is 0. The fourth-order valence-corrected chi connectivity index (χ4v) is 2.16. The molecule has 0 aromatic carbocycles. The van der Waals surface area contributed by atoms with Gasteiger partial charge in [0, 0.05) is 13.2 Å². The summed E-state index contributed by atoms with van der Waals surface area (Å²) in [7, 11) is -2.12. The zero-order valence-electron chi connectivity index (χ0n) is 8.16. The standard InChI is InChI=1S/C7H13N3O4S/c1-10-3-7(2-8-10)15(13,14)9-6(4-11)5-12/h2-3,6,9,11-12H,4-5H2,1H3. The minimum atomic E-state index is -3.72. The van der Waals surface area contributed by atoms with E-state index in [2.05, 4.69) is 9.82 Å². The molecule has 0 unspecified atom stereocenters. The van der Waals surface area contributed by atoms with Crippen LogP contribution < -0.4 is 4.72 Å². The molecule has 0 saturated carbocycles. The number of rotatable bonds is 5. The third-order valence-electron chi connectivity index (χ3n) is 1.75. The van der Waals surface area contributed by atoms with Gasteiger partial charge in [-0.2, -0.15) is 5.10 Å². The third kappa shape index (κ3) is 2.99. The van der Waals surface area contributed by atoms with Crippen LogP contribution in [0.25, 0.3) is 0 Å². The summed E-state index contributed by atoms with van der Waals surface area (Å²) in [6.07, 6.45) is 2.52. The van der Waals surface area contributed by atoms with Crippen LogP contribution in [-0.2, 0) is 17.1 Å². The Labute approximate surface area is 87.4 Å². The Hall–Kier alpha value is -0.960. The molecule has 1 aromatic rings. The van der Waals surface area contributed by atoms with Crippen LogP contribution in [0, 0.1) is 0 Å². The predicted octanol–water partition coefficient (Wildman–Crippen LogP) is -1.95. The largest absolute Gasteiger partial charge is 0.395 e. The molecule has 0 aliphatic rings. The molecule has 0 aliphatic heterocycles. The van der Waals surface area contributed by atoms with E-state index in [1.54, 1.807) is 7.05 Å². The molecule has 0 atom stereocenters. The lowest BCUT2D eigenvalue weighted by atomic mass is 10.4. The molecule has 1 rings (SSSR count). The normalized spacial score (nSPS) is 12.3. The molecule has 1 aromatic heterocycles. The second-order valence-electron chi connectivity index (χ2n) is 3.03. The van der Waals surface area contributed by atoms with Crippen molar-refractivity contribution in [3.8, 4) is 0 Å². The number of aryl methyl sites for hydroxylation is 1. The van der Waals surface area contributed by atoms with E-state index < -0.39 is 29.3 Å². The maximum Gasteiger partial charge on any atom is 0.244 e. The Morgan fingerprint density at radius 1 is 1.53 bits per heavy atom. The van der Waals surface area contributed by atoms with Crippen molar-refractivity contribution in [2.75, 3.05) is 13.2 Å². The van der Waals surface area contributed by atoms with Crippen molar-refractivity contribution in [3.63, 3.8) is 0 Å². The van der Waals surface area contributed by atoms with Crippen LogP contribution in [0.1, 0.15) is 0 Å². The smallest absolute Gasteiger partial charge is 0.244 e. The lowest BCUT2D eigenvalue weighted by Gasteiger charge is -2.12. The van der Waals surface area contributed by atoms with Gasteiger partial charge < -0.3 is 10.2 Å². The minimum absolute atomic E-state index is 0.00287. The Balaban J connectivity index is 2.84. The molecule has 0 radical (unpaired) electrons. The van der Waals surface area contributed by atoms with E-state index >= 15 is 0 Å². The highest BCUT2D eigenvalue weighted by molar-refractivity contribution is 7.89. The van der Waals surface area contributed by atoms with Gasteiger partial charge in [-0.1, -0.05) is 0 Å². The van der Waals surface area contributed by atoms with Gasteiger partial charge in [-0.15, -0.1) is 0 Å². The molecule has 0 saturated heterocycles. The van der Waals surface area contributed by atoms with Gasteiger partial charge in [-0.3, -0.25) is 4.68 Å². The fourth-order valence-electron chi connectivity index (χ4n) is 0.957. The first kappa shape index (κ1) is 12.1. The van der Waals surface area contributed by atoms with Gasteiger partial charge in [0.25, 0.3) is 0 Å². The average Bonchev–Trinajstić information content (AvgIpc) is 2.62. The van der Waals surface area contributed by atoms with E-state index in [9.17, 15) is 8.42 Å². The summed E-state index contributed by atoms with van der Waals surface area (Å²) in [5.41, 5.74) is 0. The van der Waals surface area contributed by atoms with Crippen LogP contribution in [-0.4, -0.2) is 47.7 Å². The number of nitrogens with one attached hydrogen (secondary N) is 1. The van der Waals surface area contributed by atoms with Crippen molar-refractivity contribution in [1.82, 2.24) is 14.5 Å². The maximum atomic E-state index is 11.6. The van der Waals surface area contributed by atoms with E-state index in [1.165, 1.54) is 17.1 Å². The molecule has 86 valence electrons. The molecule has 7 nitrogen and oxygen atoms in total. The summed E-state index contributed by atoms with van der Waals surface area (Å²) in [6.45, 7) is -0.925. The average molecular weight is 235 g/mol. The van der Waals surface area contributed by atoms with Crippen molar-refractivity contribution in [1.29, 1.82) is 0 Å². The molecule has 0 aliphatic carbocycles. The summed E-state index contributed by atoms with van der Waals surface area (Å²) in [5.74, 6) is 0. The summed E-state index contributed by atoms with van der Waals surface area (Å²) in [5, 5.41) is 21.2. The monoisotopic (exact) mass is 235 g/mol. The number of hydrogen-bond acceptors (Lipinski definition) is 5. The molecule has 15 heavy (non-hydrogen) atoms. The van der Waals surface area contributed by atoms with Gasteiger partial charge in [0.05, 0.1) is 25.5 Å². The SMILES string of the molecule is Cn1cc(S(=O)(=O)NC(CO)CO)cn1. The van der Waals surface area contributed by atoms with E-state index in [-0.39, 0.29) is 4.90 Å². The minimum Gasteiger partial charge on any atom is -0.395 e. The second-order valence-corrected chi connectivity index (χ2v) is 4.75. The van der Waals surface area contributed by atoms with E-state index in [0.29, 0.717) is 0 Å². The molecular weight excluding hydrogens is 222 g/mol. The van der Waals surface area contributed by atoms with E-state index in [1.807, 2.05) is 0 Å². The third-order valence-corrected chi connectivity index (χ3v) is 3.23. The highest BCUT2D eigenvalue weighted by Gasteiger charge is 2.20. The molecule has 0 bridgehead atoms. The summed E-state index contributed by atoms with van der Waals surface area (Å²) in [4.78, 5) is -0.00287. The number of hydrogen-bond donors (Lipinski definition) is 3. The van der Waals surface area contributed by atoms with Gasteiger partial charge in [0.15, 0.2) is 0 Å². The van der Waals surface area contributed by atoms with Gasteiger partial charge in [-0.05, 0) is 0 Å². The first-order valence-electron chi connectivity index (χ1n) is 4.22. The van der Waals surface area contributed by atoms with Gasteiger partial charge in [0.1, 0.15) is 4.90 Å². The second kappa shape index (κ2) is 4.71. The number of aliphatic hydroxyl groups excluding tert-OH is 2. The number of nitrogens with zero attached hydrogens (tertiary/aromatic N) is 2. The lowest BCUT2D eigenvalue weighted by molar-refractivity contribution is 0.185. The molecule has 0 spiro atoms. The molecule has 3 N–H and O–H groups in total. The first-order valence-corrected chi connectivity index (χ1v) is 5.70. The Morgan fingerprint density at radius 3 is 2.53 bits per heavy atom. The number of aliphatic hydroxyl groups is 2. The molecule has 8 heteroatoms. The molecule has 0 amide bonds. The van der Waals surface area contributed by atoms with Crippen LogP contribution in [0.15, 0.2) is 17.3 Å². The van der Waals surface area contributed by atoms with E-state index in [0.717, 1.165) is 0 Å².